The molecule has 1 aromatic carbocycles. The Kier molecular flexibility index (Phi) is 7.85. The minimum Gasteiger partial charge on any atom is -0.497 e. The zero-order chi connectivity index (χ0) is 17.2. The highest BCUT2D eigenvalue weighted by atomic mass is 16.5. The Labute approximate surface area is 144 Å². The average Bonchev–Trinajstić information content (AvgIpc) is 2.62. The molecule has 6 heteroatoms. The Balaban J connectivity index is 1.64. The summed E-state index contributed by atoms with van der Waals surface area (Å²) in [5.41, 5.74) is 1.16. The fraction of sp³-hybridized carbons (Fsp3) is 0.611. The van der Waals surface area contributed by atoms with E-state index in [0.29, 0.717) is 6.54 Å². The summed E-state index contributed by atoms with van der Waals surface area (Å²) >= 11 is 0. The number of urea groups is 1. The van der Waals surface area contributed by atoms with Crippen LogP contribution in [0.2, 0.25) is 0 Å². The number of hydrogen-bond donors (Lipinski definition) is 1. The van der Waals surface area contributed by atoms with Gasteiger partial charge in [0.1, 0.15) is 5.75 Å². The van der Waals surface area contributed by atoms with Gasteiger partial charge in [-0.05, 0) is 30.5 Å². The van der Waals surface area contributed by atoms with Crippen molar-refractivity contribution in [3.63, 3.8) is 0 Å². The lowest BCUT2D eigenvalue weighted by Gasteiger charge is -2.34. The SMILES string of the molecule is COCCCN1CCN(C(=O)NCCc2cccc(OC)c2)CC1. The Bertz CT molecular complexity index is 502. The largest absolute Gasteiger partial charge is 0.497 e. The maximum atomic E-state index is 12.2. The smallest absolute Gasteiger partial charge is 0.317 e. The average molecular weight is 335 g/mol. The topological polar surface area (TPSA) is 54.0 Å². The van der Waals surface area contributed by atoms with Crippen LogP contribution in [0.5, 0.6) is 5.75 Å². The molecule has 2 amide bonds. The zero-order valence-corrected chi connectivity index (χ0v) is 14.8. The second-order valence-electron chi connectivity index (χ2n) is 6.01. The number of carbonyl (C=O) groups is 1. The first-order chi connectivity index (χ1) is 11.7. The molecule has 1 aliphatic rings. The third kappa shape index (κ3) is 6.02. The molecule has 1 fully saturated rings. The molecule has 2 rings (SSSR count). The van der Waals surface area contributed by atoms with Crippen molar-refractivity contribution in [2.45, 2.75) is 12.8 Å². The molecular weight excluding hydrogens is 306 g/mol. The van der Waals surface area contributed by atoms with Crippen LogP contribution in [-0.4, -0.2) is 75.9 Å². The number of nitrogens with zero attached hydrogens (tertiary/aromatic N) is 2. The molecule has 1 N–H and O–H groups in total. The van der Waals surface area contributed by atoms with Gasteiger partial charge in [0.2, 0.25) is 0 Å². The zero-order valence-electron chi connectivity index (χ0n) is 14.8. The summed E-state index contributed by atoms with van der Waals surface area (Å²) in [5, 5.41) is 3.01. The molecule has 0 spiro atoms. The van der Waals surface area contributed by atoms with Crippen molar-refractivity contribution < 1.29 is 14.3 Å². The second kappa shape index (κ2) is 10.2. The summed E-state index contributed by atoms with van der Waals surface area (Å²) in [4.78, 5) is 16.5. The summed E-state index contributed by atoms with van der Waals surface area (Å²) in [6.45, 7) is 5.93. The first-order valence-electron chi connectivity index (χ1n) is 8.60. The molecule has 0 bridgehead atoms. The third-order valence-electron chi connectivity index (χ3n) is 4.31. The van der Waals surface area contributed by atoms with E-state index in [-0.39, 0.29) is 6.03 Å². The van der Waals surface area contributed by atoms with Gasteiger partial charge in [-0.3, -0.25) is 4.90 Å². The Morgan fingerprint density at radius 1 is 1.21 bits per heavy atom. The van der Waals surface area contributed by atoms with Crippen molar-refractivity contribution in [2.75, 3.05) is 60.1 Å². The summed E-state index contributed by atoms with van der Waals surface area (Å²) in [6, 6.07) is 7.99. The van der Waals surface area contributed by atoms with E-state index in [1.165, 1.54) is 0 Å². The van der Waals surface area contributed by atoms with Gasteiger partial charge >= 0.3 is 6.03 Å². The first kappa shape index (κ1) is 18.5. The van der Waals surface area contributed by atoms with Crippen molar-refractivity contribution >= 4 is 6.03 Å². The minimum atomic E-state index is 0.0365. The molecular formula is C18H29N3O3. The number of hydrogen-bond acceptors (Lipinski definition) is 4. The highest BCUT2D eigenvalue weighted by Gasteiger charge is 2.20. The van der Waals surface area contributed by atoms with Gasteiger partial charge in [0, 0.05) is 53.0 Å². The molecule has 1 saturated heterocycles. The Morgan fingerprint density at radius 2 is 2.00 bits per heavy atom. The van der Waals surface area contributed by atoms with Crippen LogP contribution in [0.1, 0.15) is 12.0 Å². The molecule has 0 aliphatic carbocycles. The van der Waals surface area contributed by atoms with Crippen LogP contribution >= 0.6 is 0 Å². The van der Waals surface area contributed by atoms with E-state index in [0.717, 1.165) is 63.5 Å². The van der Waals surface area contributed by atoms with Crippen molar-refractivity contribution in [3.05, 3.63) is 29.8 Å². The van der Waals surface area contributed by atoms with E-state index in [1.54, 1.807) is 14.2 Å². The number of piperazine rings is 1. The quantitative estimate of drug-likeness (QED) is 0.733. The molecule has 24 heavy (non-hydrogen) atoms. The van der Waals surface area contributed by atoms with Crippen LogP contribution in [0.15, 0.2) is 24.3 Å². The van der Waals surface area contributed by atoms with Crippen LogP contribution in [-0.2, 0) is 11.2 Å². The van der Waals surface area contributed by atoms with E-state index in [1.807, 2.05) is 29.2 Å². The van der Waals surface area contributed by atoms with Gasteiger partial charge in [-0.15, -0.1) is 0 Å². The predicted octanol–water partition coefficient (Wildman–Crippen LogP) is 1.60. The molecule has 6 nitrogen and oxygen atoms in total. The van der Waals surface area contributed by atoms with Gasteiger partial charge in [-0.1, -0.05) is 12.1 Å². The van der Waals surface area contributed by atoms with Crippen LogP contribution in [0.4, 0.5) is 4.79 Å². The Hall–Kier alpha value is -1.79. The van der Waals surface area contributed by atoms with E-state index < -0.39 is 0 Å². The molecule has 0 saturated carbocycles. The van der Waals surface area contributed by atoms with Crippen molar-refractivity contribution in [1.29, 1.82) is 0 Å². The molecule has 134 valence electrons. The highest BCUT2D eigenvalue weighted by Crippen LogP contribution is 2.12. The lowest BCUT2D eigenvalue weighted by molar-refractivity contribution is 0.125. The van der Waals surface area contributed by atoms with E-state index in [2.05, 4.69) is 10.2 Å². The highest BCUT2D eigenvalue weighted by molar-refractivity contribution is 5.74. The third-order valence-corrected chi connectivity index (χ3v) is 4.31. The number of ether oxygens (including phenoxy) is 2. The lowest BCUT2D eigenvalue weighted by atomic mass is 10.1. The number of nitrogens with one attached hydrogen (secondary N) is 1. The molecule has 0 aromatic heterocycles. The van der Waals surface area contributed by atoms with Crippen molar-refractivity contribution in [1.82, 2.24) is 15.1 Å². The van der Waals surface area contributed by atoms with Crippen LogP contribution in [0, 0.1) is 0 Å². The number of benzene rings is 1. The summed E-state index contributed by atoms with van der Waals surface area (Å²) in [7, 11) is 3.39. The molecule has 0 atom stereocenters. The Morgan fingerprint density at radius 3 is 2.71 bits per heavy atom. The van der Waals surface area contributed by atoms with Crippen LogP contribution in [0.3, 0.4) is 0 Å². The monoisotopic (exact) mass is 335 g/mol. The van der Waals surface area contributed by atoms with E-state index in [4.69, 9.17) is 9.47 Å². The molecule has 1 aromatic rings. The standard InChI is InChI=1S/C18H29N3O3/c1-23-14-4-9-20-10-12-21(13-11-20)18(22)19-8-7-16-5-3-6-17(15-16)24-2/h3,5-6,15H,4,7-14H2,1-2H3,(H,19,22). The summed E-state index contributed by atoms with van der Waals surface area (Å²) in [5.74, 6) is 0.850. The van der Waals surface area contributed by atoms with Crippen LogP contribution in [0.25, 0.3) is 0 Å². The number of rotatable bonds is 8. The summed E-state index contributed by atoms with van der Waals surface area (Å²) < 4.78 is 10.3. The molecule has 0 radical (unpaired) electrons. The minimum absolute atomic E-state index is 0.0365. The van der Waals surface area contributed by atoms with Gasteiger partial charge in [0.05, 0.1) is 7.11 Å². The maximum absolute atomic E-state index is 12.2. The van der Waals surface area contributed by atoms with Gasteiger partial charge in [-0.2, -0.15) is 0 Å². The van der Waals surface area contributed by atoms with Gasteiger partial charge in [-0.25, -0.2) is 4.79 Å². The molecule has 1 heterocycles. The normalized spacial score (nSPS) is 15.3. The number of amides is 2. The first-order valence-corrected chi connectivity index (χ1v) is 8.60. The van der Waals surface area contributed by atoms with Crippen molar-refractivity contribution in [2.24, 2.45) is 0 Å². The molecule has 0 unspecified atom stereocenters. The maximum Gasteiger partial charge on any atom is 0.317 e. The fourth-order valence-corrected chi connectivity index (χ4v) is 2.86. The van der Waals surface area contributed by atoms with Gasteiger partial charge in [0.15, 0.2) is 0 Å². The number of methoxy groups -OCH3 is 2. The van der Waals surface area contributed by atoms with Gasteiger partial charge in [0.25, 0.3) is 0 Å². The second-order valence-corrected chi connectivity index (χ2v) is 6.01. The number of carbonyl (C=O) groups excluding carboxylic acids is 1. The van der Waals surface area contributed by atoms with E-state index >= 15 is 0 Å². The van der Waals surface area contributed by atoms with Crippen LogP contribution < -0.4 is 10.1 Å². The lowest BCUT2D eigenvalue weighted by Crippen LogP contribution is -2.52. The van der Waals surface area contributed by atoms with E-state index in [9.17, 15) is 4.79 Å². The predicted molar refractivity (Wildman–Crippen MR) is 94.6 cm³/mol. The fourth-order valence-electron chi connectivity index (χ4n) is 2.86. The molecule has 1 aliphatic heterocycles. The van der Waals surface area contributed by atoms with Gasteiger partial charge < -0.3 is 19.7 Å². The summed E-state index contributed by atoms with van der Waals surface area (Å²) in [6.07, 6.45) is 1.85. The van der Waals surface area contributed by atoms with Crippen molar-refractivity contribution in [3.8, 4) is 5.75 Å².